The number of fused-ring (bicyclic) bond motifs is 2. The first-order valence-corrected chi connectivity index (χ1v) is 9.38. The Kier molecular flexibility index (Phi) is 3.79. The molecule has 0 bridgehead atoms. The Balaban J connectivity index is 1.50. The van der Waals surface area contributed by atoms with Crippen LogP contribution in [-0.4, -0.2) is 29.6 Å². The third-order valence-electron chi connectivity index (χ3n) is 4.53. The van der Waals surface area contributed by atoms with Crippen LogP contribution in [0.5, 0.6) is 5.88 Å². The van der Waals surface area contributed by atoms with Gasteiger partial charge in [-0.05, 0) is 18.2 Å². The van der Waals surface area contributed by atoms with Gasteiger partial charge < -0.3 is 9.67 Å². The van der Waals surface area contributed by atoms with E-state index in [1.54, 1.807) is 29.9 Å². The molecule has 0 aliphatic heterocycles. The predicted octanol–water partition coefficient (Wildman–Crippen LogP) is 4.05. The van der Waals surface area contributed by atoms with Crippen LogP contribution in [0.1, 0.15) is 5.01 Å². The molecule has 4 aromatic heterocycles. The number of rotatable bonds is 4. The van der Waals surface area contributed by atoms with E-state index in [9.17, 15) is 5.11 Å². The maximum Gasteiger partial charge on any atom is 0.201 e. The van der Waals surface area contributed by atoms with E-state index in [2.05, 4.69) is 26.0 Å². The lowest BCUT2D eigenvalue weighted by Crippen LogP contribution is -1.98. The molecule has 4 heterocycles. The molecule has 0 amide bonds. The van der Waals surface area contributed by atoms with Crippen LogP contribution < -0.4 is 0 Å². The topological polar surface area (TPSA) is 76.7 Å². The zero-order chi connectivity index (χ0) is 18.2. The van der Waals surface area contributed by atoms with Crippen molar-refractivity contribution in [1.82, 2.24) is 24.5 Å². The molecule has 6 nitrogen and oxygen atoms in total. The summed E-state index contributed by atoms with van der Waals surface area (Å²) >= 11 is 1.69. The minimum Gasteiger partial charge on any atom is -0.494 e. The number of aromatic nitrogens is 5. The normalized spacial score (nSPS) is 11.4. The van der Waals surface area contributed by atoms with Gasteiger partial charge in [0.25, 0.3) is 0 Å². The lowest BCUT2D eigenvalue weighted by atomic mass is 10.1. The summed E-state index contributed by atoms with van der Waals surface area (Å²) in [7, 11) is 0. The molecule has 0 aliphatic rings. The third-order valence-corrected chi connectivity index (χ3v) is 5.63. The van der Waals surface area contributed by atoms with E-state index in [-0.39, 0.29) is 5.88 Å². The SMILES string of the molecule is Oc1c2c(-c3cncnc3)ccnc2cn1CCc1nc2ccccc2s1. The number of benzene rings is 1. The van der Waals surface area contributed by atoms with Gasteiger partial charge in [0, 0.05) is 48.9 Å². The monoisotopic (exact) mass is 373 g/mol. The number of aromatic hydroxyl groups is 1. The summed E-state index contributed by atoms with van der Waals surface area (Å²) in [6, 6.07) is 10.00. The fourth-order valence-corrected chi connectivity index (χ4v) is 4.21. The lowest BCUT2D eigenvalue weighted by molar-refractivity contribution is 0.422. The predicted molar refractivity (Wildman–Crippen MR) is 106 cm³/mol. The zero-order valence-electron chi connectivity index (χ0n) is 14.3. The van der Waals surface area contributed by atoms with E-state index >= 15 is 0 Å². The summed E-state index contributed by atoms with van der Waals surface area (Å²) in [5, 5.41) is 12.6. The Labute approximate surface area is 158 Å². The molecule has 1 aromatic carbocycles. The summed E-state index contributed by atoms with van der Waals surface area (Å²) in [4.78, 5) is 17.2. The second kappa shape index (κ2) is 6.44. The van der Waals surface area contributed by atoms with Crippen molar-refractivity contribution < 1.29 is 5.11 Å². The van der Waals surface area contributed by atoms with Crippen molar-refractivity contribution in [3.8, 4) is 17.0 Å². The molecule has 0 saturated heterocycles. The molecule has 5 aromatic rings. The molecule has 27 heavy (non-hydrogen) atoms. The first kappa shape index (κ1) is 15.9. The zero-order valence-corrected chi connectivity index (χ0v) is 15.1. The smallest absolute Gasteiger partial charge is 0.201 e. The highest BCUT2D eigenvalue weighted by Crippen LogP contribution is 2.35. The van der Waals surface area contributed by atoms with Gasteiger partial charge in [-0.1, -0.05) is 12.1 Å². The molecule has 132 valence electrons. The molecule has 5 rings (SSSR count). The van der Waals surface area contributed by atoms with E-state index in [1.807, 2.05) is 35.0 Å². The number of hydrogen-bond donors (Lipinski definition) is 1. The molecule has 0 fully saturated rings. The second-order valence-electron chi connectivity index (χ2n) is 6.22. The Morgan fingerprint density at radius 3 is 2.74 bits per heavy atom. The van der Waals surface area contributed by atoms with E-state index in [0.29, 0.717) is 6.54 Å². The summed E-state index contributed by atoms with van der Waals surface area (Å²) in [5.41, 5.74) is 3.49. The summed E-state index contributed by atoms with van der Waals surface area (Å²) in [6.07, 6.45) is 9.33. The molecule has 0 unspecified atom stereocenters. The van der Waals surface area contributed by atoms with Gasteiger partial charge in [0.15, 0.2) is 0 Å². The number of nitrogens with zero attached hydrogens (tertiary/aromatic N) is 5. The standard InChI is InChI=1S/C20H15N5OS/c26-20-19-14(13-9-21-12-22-10-13)5-7-23-16(19)11-25(20)8-6-18-24-15-3-1-2-4-17(15)27-18/h1-5,7,9-12,26H,6,8H2. The average molecular weight is 373 g/mol. The second-order valence-corrected chi connectivity index (χ2v) is 7.33. The van der Waals surface area contributed by atoms with Gasteiger partial charge in [0.05, 0.1) is 26.1 Å². The molecule has 0 saturated carbocycles. The van der Waals surface area contributed by atoms with Crippen LogP contribution in [0.25, 0.3) is 32.2 Å². The molecule has 0 spiro atoms. The van der Waals surface area contributed by atoms with Crippen LogP contribution in [-0.2, 0) is 13.0 Å². The average Bonchev–Trinajstić information content (AvgIpc) is 3.27. The first-order valence-electron chi connectivity index (χ1n) is 8.56. The largest absolute Gasteiger partial charge is 0.494 e. The van der Waals surface area contributed by atoms with E-state index in [1.165, 1.54) is 11.0 Å². The van der Waals surface area contributed by atoms with Crippen LogP contribution in [0.15, 0.2) is 61.4 Å². The van der Waals surface area contributed by atoms with Gasteiger partial charge in [-0.2, -0.15) is 0 Å². The number of para-hydroxylation sites is 1. The summed E-state index contributed by atoms with van der Waals surface area (Å²) < 4.78 is 3.01. The Morgan fingerprint density at radius 1 is 1.04 bits per heavy atom. The maximum absolute atomic E-state index is 10.8. The van der Waals surface area contributed by atoms with Crippen molar-refractivity contribution in [2.45, 2.75) is 13.0 Å². The van der Waals surface area contributed by atoms with Crippen LogP contribution in [0, 0.1) is 0 Å². The summed E-state index contributed by atoms with van der Waals surface area (Å²) in [5.74, 6) is 0.207. The number of aryl methyl sites for hydroxylation is 2. The number of pyridine rings is 1. The van der Waals surface area contributed by atoms with Crippen LogP contribution in [0.3, 0.4) is 0 Å². The number of thiazole rings is 1. The minimum atomic E-state index is 0.207. The van der Waals surface area contributed by atoms with Gasteiger partial charge in [-0.25, -0.2) is 15.0 Å². The quantitative estimate of drug-likeness (QED) is 0.514. The molecule has 1 N–H and O–H groups in total. The fourth-order valence-electron chi connectivity index (χ4n) is 3.26. The van der Waals surface area contributed by atoms with E-state index in [0.717, 1.165) is 39.0 Å². The maximum atomic E-state index is 10.8. The van der Waals surface area contributed by atoms with Gasteiger partial charge >= 0.3 is 0 Å². The fraction of sp³-hybridized carbons (Fsp3) is 0.100. The Bertz CT molecular complexity index is 1210. The van der Waals surface area contributed by atoms with Crippen molar-refractivity contribution in [2.24, 2.45) is 0 Å². The van der Waals surface area contributed by atoms with Crippen LogP contribution in [0.2, 0.25) is 0 Å². The van der Waals surface area contributed by atoms with Gasteiger partial charge in [0.2, 0.25) is 5.88 Å². The molecule has 0 aliphatic carbocycles. The lowest BCUT2D eigenvalue weighted by Gasteiger charge is -2.05. The molecular formula is C20H15N5OS. The van der Waals surface area contributed by atoms with Crippen molar-refractivity contribution in [3.05, 3.63) is 66.5 Å². The van der Waals surface area contributed by atoms with Gasteiger partial charge in [-0.15, -0.1) is 11.3 Å². The van der Waals surface area contributed by atoms with Gasteiger partial charge in [-0.3, -0.25) is 4.98 Å². The van der Waals surface area contributed by atoms with Crippen molar-refractivity contribution in [2.75, 3.05) is 0 Å². The highest BCUT2D eigenvalue weighted by atomic mass is 32.1. The highest BCUT2D eigenvalue weighted by Gasteiger charge is 2.15. The van der Waals surface area contributed by atoms with Crippen molar-refractivity contribution >= 4 is 32.5 Å². The molecule has 0 radical (unpaired) electrons. The Morgan fingerprint density at radius 2 is 1.89 bits per heavy atom. The molecular weight excluding hydrogens is 358 g/mol. The van der Waals surface area contributed by atoms with E-state index < -0.39 is 0 Å². The molecule has 7 heteroatoms. The highest BCUT2D eigenvalue weighted by molar-refractivity contribution is 7.18. The molecule has 0 atom stereocenters. The first-order chi connectivity index (χ1) is 13.3. The number of hydrogen-bond acceptors (Lipinski definition) is 6. The van der Waals surface area contributed by atoms with Crippen molar-refractivity contribution in [1.29, 1.82) is 0 Å². The minimum absolute atomic E-state index is 0.207. The third kappa shape index (κ3) is 2.82. The summed E-state index contributed by atoms with van der Waals surface area (Å²) in [6.45, 7) is 0.632. The van der Waals surface area contributed by atoms with Gasteiger partial charge in [0.1, 0.15) is 6.33 Å². The van der Waals surface area contributed by atoms with Crippen LogP contribution in [0.4, 0.5) is 0 Å². The Hall–Kier alpha value is -3.32. The van der Waals surface area contributed by atoms with Crippen molar-refractivity contribution in [3.63, 3.8) is 0 Å². The van der Waals surface area contributed by atoms with Crippen LogP contribution >= 0.6 is 11.3 Å². The van der Waals surface area contributed by atoms with E-state index in [4.69, 9.17) is 0 Å².